The van der Waals surface area contributed by atoms with Crippen molar-refractivity contribution in [3.05, 3.63) is 35.4 Å². The summed E-state index contributed by atoms with van der Waals surface area (Å²) in [6, 6.07) is 7.68. The van der Waals surface area contributed by atoms with E-state index >= 15 is 0 Å². The highest BCUT2D eigenvalue weighted by Gasteiger charge is 2.10. The van der Waals surface area contributed by atoms with Crippen LogP contribution in [0.25, 0.3) is 0 Å². The first-order valence-electron chi connectivity index (χ1n) is 6.08. The molecule has 0 aromatic heterocycles. The lowest BCUT2D eigenvalue weighted by molar-refractivity contribution is 0.0946. The maximum absolute atomic E-state index is 12.0. The Labute approximate surface area is 112 Å². The average Bonchev–Trinajstić information content (AvgIpc) is 2.34. The van der Waals surface area contributed by atoms with Crippen LogP contribution in [0.1, 0.15) is 35.7 Å². The zero-order valence-corrected chi connectivity index (χ0v) is 12.1. The van der Waals surface area contributed by atoms with Gasteiger partial charge in [-0.2, -0.15) is 0 Å². The van der Waals surface area contributed by atoms with Crippen LogP contribution in [-0.4, -0.2) is 17.8 Å². The van der Waals surface area contributed by atoms with Gasteiger partial charge in [0.2, 0.25) is 0 Å². The van der Waals surface area contributed by atoms with Crippen LogP contribution < -0.4 is 5.32 Å². The number of aryl methyl sites for hydroxylation is 1. The van der Waals surface area contributed by atoms with Crippen LogP contribution in [0.15, 0.2) is 24.3 Å². The first-order chi connectivity index (χ1) is 8.19. The minimum absolute atomic E-state index is 0.0381. The van der Waals surface area contributed by atoms with Gasteiger partial charge in [0.05, 0.1) is 0 Å². The van der Waals surface area contributed by atoms with E-state index < -0.39 is 0 Å². The topological polar surface area (TPSA) is 29.1 Å². The zero-order chi connectivity index (χ0) is 12.7. The number of alkyl halides is 1. The first kappa shape index (κ1) is 14.2. The lowest BCUT2D eigenvalue weighted by Gasteiger charge is -2.14. The maximum atomic E-state index is 12.0. The van der Waals surface area contributed by atoms with Gasteiger partial charge in [-0.1, -0.05) is 47.5 Å². The predicted octanol–water partition coefficient (Wildman–Crippen LogP) is 3.54. The number of nitrogens with one attached hydrogen (secondary N) is 1. The van der Waals surface area contributed by atoms with E-state index in [1.165, 1.54) is 0 Å². The molecule has 0 heterocycles. The van der Waals surface area contributed by atoms with Crippen LogP contribution in [0.2, 0.25) is 0 Å². The van der Waals surface area contributed by atoms with Crippen molar-refractivity contribution >= 4 is 21.8 Å². The molecule has 2 nitrogen and oxygen atoms in total. The van der Waals surface area contributed by atoms with E-state index in [1.807, 2.05) is 31.2 Å². The predicted molar refractivity (Wildman–Crippen MR) is 75.7 cm³/mol. The van der Waals surface area contributed by atoms with Crippen LogP contribution in [0, 0.1) is 12.8 Å². The highest BCUT2D eigenvalue weighted by atomic mass is 79.9. The molecule has 0 aliphatic heterocycles. The molecule has 1 amide bonds. The number of hydrogen-bond donors (Lipinski definition) is 1. The van der Waals surface area contributed by atoms with Gasteiger partial charge in [0.15, 0.2) is 0 Å². The Hall–Kier alpha value is -0.830. The van der Waals surface area contributed by atoms with Crippen molar-refractivity contribution < 1.29 is 4.79 Å². The van der Waals surface area contributed by atoms with E-state index in [9.17, 15) is 4.79 Å². The van der Waals surface area contributed by atoms with Gasteiger partial charge in [0, 0.05) is 17.4 Å². The molecule has 0 saturated heterocycles. The summed E-state index contributed by atoms with van der Waals surface area (Å²) in [4.78, 5) is 12.0. The number of halogens is 1. The van der Waals surface area contributed by atoms with Gasteiger partial charge in [0.25, 0.3) is 5.91 Å². The van der Waals surface area contributed by atoms with Crippen molar-refractivity contribution in [2.24, 2.45) is 5.92 Å². The summed E-state index contributed by atoms with van der Waals surface area (Å²) >= 11 is 3.44. The minimum Gasteiger partial charge on any atom is -0.352 e. The van der Waals surface area contributed by atoms with E-state index in [2.05, 4.69) is 28.2 Å². The molecule has 0 aliphatic rings. The molecule has 17 heavy (non-hydrogen) atoms. The average molecular weight is 298 g/mol. The van der Waals surface area contributed by atoms with E-state index in [0.29, 0.717) is 5.92 Å². The van der Waals surface area contributed by atoms with Gasteiger partial charge >= 0.3 is 0 Å². The zero-order valence-electron chi connectivity index (χ0n) is 10.5. The third-order valence-corrected chi connectivity index (χ3v) is 3.49. The molecule has 1 atom stereocenters. The number of hydrogen-bond acceptors (Lipinski definition) is 1. The van der Waals surface area contributed by atoms with Crippen LogP contribution in [-0.2, 0) is 0 Å². The summed E-state index contributed by atoms with van der Waals surface area (Å²) in [7, 11) is 0. The number of carbonyl (C=O) groups excluding carboxylic acids is 1. The van der Waals surface area contributed by atoms with E-state index in [1.54, 1.807) is 0 Å². The second-order valence-electron chi connectivity index (χ2n) is 4.28. The molecule has 1 unspecified atom stereocenters. The normalized spacial score (nSPS) is 12.2. The van der Waals surface area contributed by atoms with E-state index in [4.69, 9.17) is 0 Å². The molecule has 1 aromatic rings. The molecule has 3 heteroatoms. The van der Waals surface area contributed by atoms with Gasteiger partial charge in [-0.3, -0.25) is 4.79 Å². The van der Waals surface area contributed by atoms with Gasteiger partial charge < -0.3 is 5.32 Å². The summed E-state index contributed by atoms with van der Waals surface area (Å²) in [5.74, 6) is 0.596. The Balaban J connectivity index is 2.52. The monoisotopic (exact) mass is 297 g/mol. The van der Waals surface area contributed by atoms with Crippen molar-refractivity contribution in [3.63, 3.8) is 0 Å². The van der Waals surface area contributed by atoms with E-state index in [-0.39, 0.29) is 5.91 Å². The smallest absolute Gasteiger partial charge is 0.251 e. The van der Waals surface area contributed by atoms with Crippen molar-refractivity contribution in [1.82, 2.24) is 5.32 Å². The Morgan fingerprint density at radius 1 is 1.41 bits per heavy atom. The minimum atomic E-state index is 0.0381. The SMILES string of the molecule is CCC(CCBr)CNC(=O)c1ccccc1C. The highest BCUT2D eigenvalue weighted by molar-refractivity contribution is 9.09. The number of amides is 1. The fraction of sp³-hybridized carbons (Fsp3) is 0.500. The molecular weight excluding hydrogens is 278 g/mol. The third-order valence-electron chi connectivity index (χ3n) is 3.04. The number of benzene rings is 1. The van der Waals surface area contributed by atoms with Gasteiger partial charge in [-0.25, -0.2) is 0 Å². The molecule has 0 radical (unpaired) electrons. The Bertz CT molecular complexity index is 365. The van der Waals surface area contributed by atoms with Gasteiger partial charge in [-0.15, -0.1) is 0 Å². The summed E-state index contributed by atoms with van der Waals surface area (Å²) in [5, 5.41) is 4.01. The first-order valence-corrected chi connectivity index (χ1v) is 7.21. The molecule has 94 valence electrons. The van der Waals surface area contributed by atoms with Gasteiger partial charge in [-0.05, 0) is 30.9 Å². The number of carbonyl (C=O) groups is 1. The molecule has 0 fully saturated rings. The van der Waals surface area contributed by atoms with Crippen LogP contribution in [0.5, 0.6) is 0 Å². The second kappa shape index (κ2) is 7.49. The van der Waals surface area contributed by atoms with Crippen LogP contribution >= 0.6 is 15.9 Å². The van der Waals surface area contributed by atoms with Crippen LogP contribution in [0.3, 0.4) is 0 Å². The largest absolute Gasteiger partial charge is 0.352 e. The quantitative estimate of drug-likeness (QED) is 0.800. The Kier molecular flexibility index (Phi) is 6.27. The third kappa shape index (κ3) is 4.50. The molecule has 0 aliphatic carbocycles. The Morgan fingerprint density at radius 2 is 2.12 bits per heavy atom. The standard InChI is InChI=1S/C14H20BrNO/c1-3-12(8-9-15)10-16-14(17)13-7-5-4-6-11(13)2/h4-7,12H,3,8-10H2,1-2H3,(H,16,17). The Morgan fingerprint density at radius 3 is 2.71 bits per heavy atom. The fourth-order valence-corrected chi connectivity index (χ4v) is 2.41. The molecular formula is C14H20BrNO. The van der Waals surface area contributed by atoms with Crippen molar-refractivity contribution in [3.8, 4) is 0 Å². The van der Waals surface area contributed by atoms with E-state index in [0.717, 1.165) is 35.8 Å². The summed E-state index contributed by atoms with van der Waals surface area (Å²) in [6.45, 7) is 4.88. The molecule has 0 spiro atoms. The summed E-state index contributed by atoms with van der Waals surface area (Å²) < 4.78 is 0. The fourth-order valence-electron chi connectivity index (χ4n) is 1.76. The summed E-state index contributed by atoms with van der Waals surface area (Å²) in [6.07, 6.45) is 2.20. The van der Waals surface area contributed by atoms with Crippen LogP contribution in [0.4, 0.5) is 0 Å². The lowest BCUT2D eigenvalue weighted by Crippen LogP contribution is -2.29. The molecule has 1 aromatic carbocycles. The second-order valence-corrected chi connectivity index (χ2v) is 5.07. The lowest BCUT2D eigenvalue weighted by atomic mass is 10.0. The molecule has 1 rings (SSSR count). The highest BCUT2D eigenvalue weighted by Crippen LogP contribution is 2.10. The molecule has 1 N–H and O–H groups in total. The summed E-state index contributed by atoms with van der Waals surface area (Å²) in [5.41, 5.74) is 1.81. The molecule has 0 saturated carbocycles. The van der Waals surface area contributed by atoms with Gasteiger partial charge in [0.1, 0.15) is 0 Å². The molecule has 0 bridgehead atoms. The number of rotatable bonds is 6. The van der Waals surface area contributed by atoms with Crippen molar-refractivity contribution in [1.29, 1.82) is 0 Å². The van der Waals surface area contributed by atoms with Crippen molar-refractivity contribution in [2.45, 2.75) is 26.7 Å². The maximum Gasteiger partial charge on any atom is 0.251 e. The van der Waals surface area contributed by atoms with Crippen molar-refractivity contribution in [2.75, 3.05) is 11.9 Å².